The molecular formula is C16H13Cl2N3O3S. The van der Waals surface area contributed by atoms with Crippen LogP contribution in [0.1, 0.15) is 16.3 Å². The van der Waals surface area contributed by atoms with Crippen LogP contribution < -0.4 is 5.73 Å². The van der Waals surface area contributed by atoms with Crippen molar-refractivity contribution in [3.63, 3.8) is 0 Å². The molecule has 0 radical (unpaired) electrons. The van der Waals surface area contributed by atoms with Gasteiger partial charge < -0.3 is 20.6 Å². The quantitative estimate of drug-likeness (QED) is 0.255. The maximum absolute atomic E-state index is 9.67. The molecule has 0 aliphatic rings. The highest BCUT2D eigenvalue weighted by Crippen LogP contribution is 2.48. The topological polar surface area (TPSA) is 105 Å². The van der Waals surface area contributed by atoms with Gasteiger partial charge in [-0.3, -0.25) is 0 Å². The van der Waals surface area contributed by atoms with Crippen LogP contribution in [0.4, 0.5) is 0 Å². The maximum Gasteiger partial charge on any atom is 0.180 e. The number of phenolic OH excluding ortho intramolecular Hbond substituents is 1. The molecule has 0 saturated carbocycles. The molecule has 1 aromatic carbocycles. The molecule has 0 aliphatic carbocycles. The monoisotopic (exact) mass is 397 g/mol. The van der Waals surface area contributed by atoms with Gasteiger partial charge in [0.25, 0.3) is 0 Å². The Labute approximate surface area is 157 Å². The van der Waals surface area contributed by atoms with Crippen molar-refractivity contribution in [2.75, 3.05) is 0 Å². The zero-order chi connectivity index (χ0) is 18.3. The van der Waals surface area contributed by atoms with Gasteiger partial charge in [-0.2, -0.15) is 0 Å². The number of halogens is 2. The van der Waals surface area contributed by atoms with E-state index < -0.39 is 0 Å². The van der Waals surface area contributed by atoms with Crippen molar-refractivity contribution in [3.05, 3.63) is 43.9 Å². The number of thiophene rings is 1. The molecule has 0 amide bonds. The SMILES string of the molecule is Cc1noc(C)c1-c1c(/C(N)=N/O)sc(Cl)c1-c1ccc(O)c(Cl)c1. The molecule has 0 atom stereocenters. The van der Waals surface area contributed by atoms with Crippen LogP contribution in [0.5, 0.6) is 5.75 Å². The Hall–Kier alpha value is -2.22. The molecule has 0 saturated heterocycles. The second-order valence-electron chi connectivity index (χ2n) is 5.31. The van der Waals surface area contributed by atoms with Gasteiger partial charge >= 0.3 is 0 Å². The lowest BCUT2D eigenvalue weighted by atomic mass is 9.95. The molecule has 0 unspecified atom stereocenters. The van der Waals surface area contributed by atoms with E-state index in [1.165, 1.54) is 17.4 Å². The number of aryl methyl sites for hydroxylation is 2. The summed E-state index contributed by atoms with van der Waals surface area (Å²) in [6.45, 7) is 3.56. The van der Waals surface area contributed by atoms with Gasteiger partial charge in [-0.05, 0) is 31.5 Å². The fourth-order valence-corrected chi connectivity index (χ4v) is 4.20. The Morgan fingerprint density at radius 2 is 1.96 bits per heavy atom. The summed E-state index contributed by atoms with van der Waals surface area (Å²) >= 11 is 13.7. The van der Waals surface area contributed by atoms with Gasteiger partial charge in [0.1, 0.15) is 15.8 Å². The Kier molecular flexibility index (Phi) is 4.64. The van der Waals surface area contributed by atoms with Crippen LogP contribution in [0.15, 0.2) is 27.9 Å². The number of phenols is 1. The Morgan fingerprint density at radius 3 is 2.52 bits per heavy atom. The highest BCUT2D eigenvalue weighted by molar-refractivity contribution is 7.19. The van der Waals surface area contributed by atoms with Gasteiger partial charge in [-0.25, -0.2) is 0 Å². The predicted molar refractivity (Wildman–Crippen MR) is 98.9 cm³/mol. The molecule has 3 rings (SSSR count). The third kappa shape index (κ3) is 2.95. The lowest BCUT2D eigenvalue weighted by Crippen LogP contribution is -2.12. The molecule has 25 heavy (non-hydrogen) atoms. The normalized spacial score (nSPS) is 11.9. The second kappa shape index (κ2) is 6.59. The first kappa shape index (κ1) is 17.6. The highest BCUT2D eigenvalue weighted by Gasteiger charge is 2.27. The molecule has 0 aliphatic heterocycles. The highest BCUT2D eigenvalue weighted by atomic mass is 35.5. The zero-order valence-corrected chi connectivity index (χ0v) is 15.5. The predicted octanol–water partition coefficient (Wildman–Crippen LogP) is 4.79. The summed E-state index contributed by atoms with van der Waals surface area (Å²) in [5.41, 5.74) is 9.17. The Morgan fingerprint density at radius 1 is 1.24 bits per heavy atom. The van der Waals surface area contributed by atoms with Crippen molar-refractivity contribution in [2.45, 2.75) is 13.8 Å². The Bertz CT molecular complexity index is 975. The van der Waals surface area contributed by atoms with Gasteiger partial charge in [0.2, 0.25) is 0 Å². The van der Waals surface area contributed by atoms with Gasteiger partial charge in [-0.1, -0.05) is 39.6 Å². The number of aromatic nitrogens is 1. The van der Waals surface area contributed by atoms with Crippen molar-refractivity contribution >= 4 is 40.4 Å². The second-order valence-corrected chi connectivity index (χ2v) is 7.34. The van der Waals surface area contributed by atoms with E-state index in [-0.39, 0.29) is 16.6 Å². The average Bonchev–Trinajstić information content (AvgIpc) is 3.08. The minimum Gasteiger partial charge on any atom is -0.506 e. The van der Waals surface area contributed by atoms with E-state index >= 15 is 0 Å². The molecule has 3 aromatic rings. The third-order valence-corrected chi connectivity index (χ3v) is 5.45. The van der Waals surface area contributed by atoms with E-state index in [0.717, 1.165) is 0 Å². The van der Waals surface area contributed by atoms with Crippen LogP contribution in [-0.2, 0) is 0 Å². The first-order chi connectivity index (χ1) is 11.8. The van der Waals surface area contributed by atoms with Crippen molar-refractivity contribution in [3.8, 4) is 28.0 Å². The number of rotatable bonds is 3. The molecule has 0 spiro atoms. The minimum absolute atomic E-state index is 0.0349. The number of hydrogen-bond acceptors (Lipinski definition) is 6. The lowest BCUT2D eigenvalue weighted by Gasteiger charge is -2.09. The summed E-state index contributed by atoms with van der Waals surface area (Å²) in [4.78, 5) is 0.487. The Balaban J connectivity index is 2.40. The van der Waals surface area contributed by atoms with Gasteiger partial charge in [-0.15, -0.1) is 11.3 Å². The number of benzene rings is 1. The van der Waals surface area contributed by atoms with E-state index in [2.05, 4.69) is 10.3 Å². The van der Waals surface area contributed by atoms with E-state index in [9.17, 15) is 5.11 Å². The van der Waals surface area contributed by atoms with Crippen molar-refractivity contribution in [1.29, 1.82) is 0 Å². The number of hydrogen-bond donors (Lipinski definition) is 3. The summed E-state index contributed by atoms with van der Waals surface area (Å²) in [5, 5.41) is 26.1. The largest absolute Gasteiger partial charge is 0.506 e. The van der Waals surface area contributed by atoms with Crippen molar-refractivity contribution < 1.29 is 14.8 Å². The van der Waals surface area contributed by atoms with E-state index in [1.807, 2.05) is 0 Å². The van der Waals surface area contributed by atoms with Crippen LogP contribution in [0.3, 0.4) is 0 Å². The molecular weight excluding hydrogens is 385 g/mol. The summed E-state index contributed by atoms with van der Waals surface area (Å²) < 4.78 is 5.69. The first-order valence-electron chi connectivity index (χ1n) is 7.07. The number of amidine groups is 1. The summed E-state index contributed by atoms with van der Waals surface area (Å²) in [6, 6.07) is 4.77. The standard InChI is InChI=1S/C16H13Cl2N3O3S/c1-6-11(7(2)24-21-6)13-12(8-3-4-10(22)9(17)5-8)15(18)25-14(13)16(19)20-23/h3-5,22-23H,1-2H3,(H2,19,20). The maximum atomic E-state index is 9.67. The number of aromatic hydroxyl groups is 1. The van der Waals surface area contributed by atoms with Gasteiger partial charge in [0.05, 0.1) is 15.6 Å². The zero-order valence-electron chi connectivity index (χ0n) is 13.2. The summed E-state index contributed by atoms with van der Waals surface area (Å²) in [7, 11) is 0. The number of nitrogens with two attached hydrogens (primary N) is 1. The van der Waals surface area contributed by atoms with Crippen LogP contribution in [0, 0.1) is 13.8 Å². The van der Waals surface area contributed by atoms with E-state index in [0.29, 0.717) is 42.9 Å². The number of nitrogens with zero attached hydrogens (tertiary/aromatic N) is 2. The van der Waals surface area contributed by atoms with Crippen molar-refractivity contribution in [1.82, 2.24) is 5.16 Å². The first-order valence-corrected chi connectivity index (χ1v) is 8.64. The van der Waals surface area contributed by atoms with Crippen LogP contribution in [-0.4, -0.2) is 21.3 Å². The molecule has 9 heteroatoms. The van der Waals surface area contributed by atoms with Crippen LogP contribution >= 0.6 is 34.5 Å². The van der Waals surface area contributed by atoms with Crippen LogP contribution in [0.2, 0.25) is 9.36 Å². The molecule has 2 heterocycles. The van der Waals surface area contributed by atoms with E-state index in [4.69, 9.17) is 38.7 Å². The van der Waals surface area contributed by atoms with Crippen LogP contribution in [0.25, 0.3) is 22.3 Å². The van der Waals surface area contributed by atoms with Crippen molar-refractivity contribution in [2.24, 2.45) is 10.9 Å². The van der Waals surface area contributed by atoms with Gasteiger partial charge in [0, 0.05) is 16.7 Å². The molecule has 130 valence electrons. The fourth-order valence-electron chi connectivity index (χ4n) is 2.63. The minimum atomic E-state index is -0.0713. The fraction of sp³-hybridized carbons (Fsp3) is 0.125. The number of oxime groups is 1. The van der Waals surface area contributed by atoms with Gasteiger partial charge in [0.15, 0.2) is 5.84 Å². The third-order valence-electron chi connectivity index (χ3n) is 3.73. The smallest absolute Gasteiger partial charge is 0.180 e. The molecule has 6 nitrogen and oxygen atoms in total. The van der Waals surface area contributed by atoms with E-state index in [1.54, 1.807) is 26.0 Å². The molecule has 0 bridgehead atoms. The summed E-state index contributed by atoms with van der Waals surface area (Å²) in [5.74, 6) is 0.468. The molecule has 0 fully saturated rings. The average molecular weight is 398 g/mol. The summed E-state index contributed by atoms with van der Waals surface area (Å²) in [6.07, 6.45) is 0. The molecule has 2 aromatic heterocycles. The molecule has 4 N–H and O–H groups in total. The lowest BCUT2D eigenvalue weighted by molar-refractivity contribution is 0.319.